The molecule has 0 atom stereocenters. The van der Waals surface area contributed by atoms with E-state index < -0.39 is 0 Å². The summed E-state index contributed by atoms with van der Waals surface area (Å²) in [5, 5.41) is 16.1. The standard InChI is InChI=1S/C16H21N7/c1-4-7-22-11-15(20-21-22)13-10-17-16(23-8-5-6-18-23)9-14(13)19-12(2)3/h5-6,8-12H,4,7H2,1-3H3,(H,17,19). The molecule has 0 bridgehead atoms. The molecule has 3 aromatic heterocycles. The number of hydrogen-bond acceptors (Lipinski definition) is 5. The Morgan fingerprint density at radius 1 is 1.30 bits per heavy atom. The minimum Gasteiger partial charge on any atom is -0.382 e. The van der Waals surface area contributed by atoms with E-state index in [0.717, 1.165) is 35.7 Å². The molecule has 7 heteroatoms. The van der Waals surface area contributed by atoms with Gasteiger partial charge in [-0.1, -0.05) is 12.1 Å². The van der Waals surface area contributed by atoms with E-state index in [4.69, 9.17) is 0 Å². The fourth-order valence-electron chi connectivity index (χ4n) is 2.37. The largest absolute Gasteiger partial charge is 0.382 e. The van der Waals surface area contributed by atoms with Crippen molar-refractivity contribution in [1.82, 2.24) is 29.8 Å². The summed E-state index contributed by atoms with van der Waals surface area (Å²) < 4.78 is 3.60. The maximum atomic E-state index is 4.50. The summed E-state index contributed by atoms with van der Waals surface area (Å²) in [5.74, 6) is 0.767. The van der Waals surface area contributed by atoms with E-state index in [-0.39, 0.29) is 0 Å². The number of rotatable bonds is 6. The van der Waals surface area contributed by atoms with E-state index in [1.165, 1.54) is 0 Å². The zero-order chi connectivity index (χ0) is 16.2. The van der Waals surface area contributed by atoms with Crippen LogP contribution in [0.5, 0.6) is 0 Å². The zero-order valence-electron chi connectivity index (χ0n) is 13.6. The molecule has 23 heavy (non-hydrogen) atoms. The van der Waals surface area contributed by atoms with Crippen LogP contribution in [0.15, 0.2) is 36.9 Å². The van der Waals surface area contributed by atoms with Crippen molar-refractivity contribution in [2.24, 2.45) is 0 Å². The number of anilines is 1. The Labute approximate surface area is 135 Å². The smallest absolute Gasteiger partial charge is 0.155 e. The first-order valence-electron chi connectivity index (χ1n) is 7.84. The van der Waals surface area contributed by atoms with Crippen LogP contribution >= 0.6 is 0 Å². The second-order valence-electron chi connectivity index (χ2n) is 5.70. The van der Waals surface area contributed by atoms with Gasteiger partial charge in [-0.2, -0.15) is 5.10 Å². The Balaban J connectivity index is 2.00. The van der Waals surface area contributed by atoms with Gasteiger partial charge in [0.15, 0.2) is 5.82 Å². The summed E-state index contributed by atoms with van der Waals surface area (Å²) in [7, 11) is 0. The van der Waals surface area contributed by atoms with Gasteiger partial charge in [0.05, 0.1) is 6.20 Å². The van der Waals surface area contributed by atoms with Crippen molar-refractivity contribution in [1.29, 1.82) is 0 Å². The number of hydrogen-bond donors (Lipinski definition) is 1. The molecule has 0 aliphatic rings. The molecule has 0 aliphatic heterocycles. The third-order valence-corrected chi connectivity index (χ3v) is 3.34. The van der Waals surface area contributed by atoms with E-state index in [0.29, 0.717) is 6.04 Å². The SMILES string of the molecule is CCCn1cc(-c2cnc(-n3cccn3)cc2NC(C)C)nn1. The van der Waals surface area contributed by atoms with Crippen LogP contribution in [0.1, 0.15) is 27.2 Å². The fraction of sp³-hybridized carbons (Fsp3) is 0.375. The van der Waals surface area contributed by atoms with Crippen molar-refractivity contribution in [2.45, 2.75) is 39.8 Å². The minimum atomic E-state index is 0.298. The van der Waals surface area contributed by atoms with Gasteiger partial charge in [0, 0.05) is 48.5 Å². The topological polar surface area (TPSA) is 73.5 Å². The van der Waals surface area contributed by atoms with E-state index in [2.05, 4.69) is 46.5 Å². The third kappa shape index (κ3) is 3.39. The Morgan fingerprint density at radius 2 is 2.17 bits per heavy atom. The highest BCUT2D eigenvalue weighted by Gasteiger charge is 2.13. The fourth-order valence-corrected chi connectivity index (χ4v) is 2.37. The van der Waals surface area contributed by atoms with E-state index in [1.807, 2.05) is 35.4 Å². The molecule has 7 nitrogen and oxygen atoms in total. The van der Waals surface area contributed by atoms with Crippen molar-refractivity contribution in [3.05, 3.63) is 36.9 Å². The van der Waals surface area contributed by atoms with Crippen molar-refractivity contribution < 1.29 is 0 Å². The van der Waals surface area contributed by atoms with Gasteiger partial charge in [0.1, 0.15) is 5.69 Å². The van der Waals surface area contributed by atoms with Crippen LogP contribution in [0, 0.1) is 0 Å². The lowest BCUT2D eigenvalue weighted by atomic mass is 10.1. The van der Waals surface area contributed by atoms with Gasteiger partial charge in [-0.25, -0.2) is 9.67 Å². The normalized spacial score (nSPS) is 11.1. The molecule has 3 aromatic rings. The van der Waals surface area contributed by atoms with Crippen molar-refractivity contribution >= 4 is 5.69 Å². The van der Waals surface area contributed by atoms with E-state index in [1.54, 1.807) is 10.9 Å². The van der Waals surface area contributed by atoms with E-state index in [9.17, 15) is 0 Å². The van der Waals surface area contributed by atoms with Crippen LogP contribution in [0.4, 0.5) is 5.69 Å². The molecular weight excluding hydrogens is 290 g/mol. The quantitative estimate of drug-likeness (QED) is 0.757. The molecule has 0 radical (unpaired) electrons. The number of aryl methyl sites for hydroxylation is 1. The highest BCUT2D eigenvalue weighted by Crippen LogP contribution is 2.27. The average Bonchev–Trinajstić information content (AvgIpc) is 3.18. The van der Waals surface area contributed by atoms with Gasteiger partial charge in [-0.15, -0.1) is 5.10 Å². The van der Waals surface area contributed by atoms with Crippen molar-refractivity contribution in [3.63, 3.8) is 0 Å². The molecule has 3 rings (SSSR count). The Bertz CT molecular complexity index is 759. The monoisotopic (exact) mass is 311 g/mol. The summed E-state index contributed by atoms with van der Waals surface area (Å²) in [6.07, 6.45) is 8.41. The summed E-state index contributed by atoms with van der Waals surface area (Å²) in [4.78, 5) is 4.50. The Kier molecular flexibility index (Phi) is 4.36. The van der Waals surface area contributed by atoms with Gasteiger partial charge in [-0.3, -0.25) is 4.68 Å². The molecule has 0 fully saturated rings. The molecule has 0 saturated carbocycles. The Morgan fingerprint density at radius 3 is 2.87 bits per heavy atom. The van der Waals surface area contributed by atoms with Crippen LogP contribution in [-0.2, 0) is 6.54 Å². The molecule has 3 heterocycles. The van der Waals surface area contributed by atoms with Crippen LogP contribution in [-0.4, -0.2) is 35.8 Å². The lowest BCUT2D eigenvalue weighted by Gasteiger charge is -2.14. The maximum absolute atomic E-state index is 4.50. The minimum absolute atomic E-state index is 0.298. The second-order valence-corrected chi connectivity index (χ2v) is 5.70. The lowest BCUT2D eigenvalue weighted by molar-refractivity contribution is 0.579. The molecule has 0 spiro atoms. The van der Waals surface area contributed by atoms with Gasteiger partial charge < -0.3 is 5.32 Å². The number of aromatic nitrogens is 6. The molecule has 0 aromatic carbocycles. The highest BCUT2D eigenvalue weighted by molar-refractivity contribution is 5.75. The van der Waals surface area contributed by atoms with Crippen molar-refractivity contribution in [3.8, 4) is 17.1 Å². The van der Waals surface area contributed by atoms with Crippen LogP contribution < -0.4 is 5.32 Å². The summed E-state index contributed by atoms with van der Waals surface area (Å²) >= 11 is 0. The number of pyridine rings is 1. The van der Waals surface area contributed by atoms with Crippen molar-refractivity contribution in [2.75, 3.05) is 5.32 Å². The predicted molar refractivity (Wildman–Crippen MR) is 89.4 cm³/mol. The van der Waals surface area contributed by atoms with E-state index >= 15 is 0 Å². The van der Waals surface area contributed by atoms with Gasteiger partial charge in [0.25, 0.3) is 0 Å². The zero-order valence-corrected chi connectivity index (χ0v) is 13.6. The van der Waals surface area contributed by atoms with Gasteiger partial charge in [-0.05, 0) is 26.3 Å². The second kappa shape index (κ2) is 6.60. The first-order valence-corrected chi connectivity index (χ1v) is 7.84. The maximum Gasteiger partial charge on any atom is 0.155 e. The lowest BCUT2D eigenvalue weighted by Crippen LogP contribution is -2.12. The van der Waals surface area contributed by atoms with Crippen LogP contribution in [0.3, 0.4) is 0 Å². The van der Waals surface area contributed by atoms with Crippen LogP contribution in [0.25, 0.3) is 17.1 Å². The first kappa shape index (κ1) is 15.2. The van der Waals surface area contributed by atoms with Crippen LogP contribution in [0.2, 0.25) is 0 Å². The first-order chi connectivity index (χ1) is 11.2. The molecule has 120 valence electrons. The van der Waals surface area contributed by atoms with Gasteiger partial charge in [0.2, 0.25) is 0 Å². The predicted octanol–water partition coefficient (Wildman–Crippen LogP) is 2.76. The molecule has 0 amide bonds. The highest BCUT2D eigenvalue weighted by atomic mass is 15.4. The summed E-state index contributed by atoms with van der Waals surface area (Å²) in [6.45, 7) is 7.18. The number of nitrogens with zero attached hydrogens (tertiary/aromatic N) is 6. The summed E-state index contributed by atoms with van der Waals surface area (Å²) in [5.41, 5.74) is 2.74. The number of nitrogens with one attached hydrogen (secondary N) is 1. The molecule has 0 saturated heterocycles. The molecular formula is C16H21N7. The molecule has 1 N–H and O–H groups in total. The third-order valence-electron chi connectivity index (χ3n) is 3.34. The summed E-state index contributed by atoms with van der Waals surface area (Å²) in [6, 6.07) is 4.16. The Hall–Kier alpha value is -2.70. The molecule has 0 aliphatic carbocycles. The molecule has 0 unspecified atom stereocenters. The van der Waals surface area contributed by atoms with Gasteiger partial charge >= 0.3 is 0 Å². The average molecular weight is 311 g/mol.